The summed E-state index contributed by atoms with van der Waals surface area (Å²) in [6, 6.07) is 17.7. The molecule has 0 aromatic heterocycles. The molecule has 4 rings (SSSR count). The molecule has 0 aliphatic rings. The molecule has 2 nitrogen and oxygen atoms in total. The maximum atomic E-state index is 9.59. The van der Waals surface area contributed by atoms with Crippen molar-refractivity contribution in [3.8, 4) is 11.5 Å². The van der Waals surface area contributed by atoms with Gasteiger partial charge in [0.1, 0.15) is 11.5 Å². The number of hydrogen-bond acceptors (Lipinski definition) is 2. The third-order valence-corrected chi connectivity index (χ3v) is 5.04. The second-order valence-electron chi connectivity index (χ2n) is 5.47. The van der Waals surface area contributed by atoms with Crippen molar-refractivity contribution in [3.63, 3.8) is 0 Å². The summed E-state index contributed by atoms with van der Waals surface area (Å²) in [5, 5.41) is 23.8. The van der Waals surface area contributed by atoms with Gasteiger partial charge in [0.2, 0.25) is 0 Å². The van der Waals surface area contributed by atoms with Gasteiger partial charge in [0.05, 0.1) is 20.1 Å². The van der Waals surface area contributed by atoms with Crippen LogP contribution >= 0.6 is 46.4 Å². The molecular weight excluding hydrogens is 478 g/mol. The van der Waals surface area contributed by atoms with Gasteiger partial charge < -0.3 is 10.2 Å². The number of phenolic OH excluding ortho intramolecular Hbond substituents is 2. The monoisotopic (exact) mass is 487 g/mol. The Balaban J connectivity index is 0.000000187. The molecule has 0 bridgehead atoms. The van der Waals surface area contributed by atoms with Crippen LogP contribution in [0.3, 0.4) is 0 Å². The SMILES string of the molecule is Oc1c(Cl)cc(Cl)c2ccccc12.Oc1c(Cl)cc(Cl)c2ccccc12.[Cu]. The Bertz CT molecular complexity index is 1030. The van der Waals surface area contributed by atoms with Gasteiger partial charge in [-0.15, -0.1) is 0 Å². The van der Waals surface area contributed by atoms with Crippen LogP contribution in [-0.2, 0) is 17.1 Å². The van der Waals surface area contributed by atoms with Gasteiger partial charge in [0.25, 0.3) is 0 Å². The van der Waals surface area contributed by atoms with Gasteiger partial charge in [-0.3, -0.25) is 0 Å². The van der Waals surface area contributed by atoms with Crippen molar-refractivity contribution >= 4 is 67.9 Å². The molecule has 0 unspecified atom stereocenters. The van der Waals surface area contributed by atoms with Crippen LogP contribution in [-0.4, -0.2) is 10.2 Å². The second-order valence-corrected chi connectivity index (χ2v) is 7.10. The van der Waals surface area contributed by atoms with Crippen LogP contribution in [0.5, 0.6) is 11.5 Å². The molecule has 0 spiro atoms. The summed E-state index contributed by atoms with van der Waals surface area (Å²) in [4.78, 5) is 0. The Kier molecular flexibility index (Phi) is 7.53. The normalized spacial score (nSPS) is 10.2. The van der Waals surface area contributed by atoms with E-state index in [1.54, 1.807) is 24.3 Å². The smallest absolute Gasteiger partial charge is 0.142 e. The van der Waals surface area contributed by atoms with E-state index in [1.807, 2.05) is 36.4 Å². The molecule has 4 aromatic carbocycles. The zero-order valence-electron chi connectivity index (χ0n) is 13.5. The molecule has 0 atom stereocenters. The van der Waals surface area contributed by atoms with Crippen LogP contribution in [0.25, 0.3) is 21.5 Å². The van der Waals surface area contributed by atoms with Crippen molar-refractivity contribution in [2.24, 2.45) is 0 Å². The Morgan fingerprint density at radius 1 is 0.481 bits per heavy atom. The molecule has 27 heavy (non-hydrogen) atoms. The summed E-state index contributed by atoms with van der Waals surface area (Å²) in [5.41, 5.74) is 0. The third kappa shape index (κ3) is 4.57. The number of rotatable bonds is 0. The van der Waals surface area contributed by atoms with Crippen molar-refractivity contribution < 1.29 is 27.3 Å². The zero-order valence-corrected chi connectivity index (χ0v) is 17.4. The minimum Gasteiger partial charge on any atom is -0.506 e. The maximum absolute atomic E-state index is 9.59. The molecule has 2 N–H and O–H groups in total. The number of phenols is 2. The molecule has 0 aliphatic heterocycles. The fourth-order valence-electron chi connectivity index (χ4n) is 2.57. The third-order valence-electron chi connectivity index (χ3n) is 3.84. The Morgan fingerprint density at radius 2 is 0.778 bits per heavy atom. The number of halogens is 4. The molecule has 0 aliphatic carbocycles. The topological polar surface area (TPSA) is 40.5 Å². The van der Waals surface area contributed by atoms with Gasteiger partial charge in [-0.05, 0) is 12.1 Å². The number of fused-ring (bicyclic) bond motifs is 2. The molecular formula is C20H12Cl4CuO2. The van der Waals surface area contributed by atoms with Crippen molar-refractivity contribution in [1.29, 1.82) is 0 Å². The molecule has 0 saturated heterocycles. The van der Waals surface area contributed by atoms with E-state index in [0.29, 0.717) is 20.8 Å². The molecule has 4 aromatic rings. The van der Waals surface area contributed by atoms with E-state index in [0.717, 1.165) is 10.8 Å². The van der Waals surface area contributed by atoms with Crippen molar-refractivity contribution in [1.82, 2.24) is 0 Å². The molecule has 0 amide bonds. The second kappa shape index (κ2) is 9.25. The first-order valence-corrected chi connectivity index (χ1v) is 9.02. The van der Waals surface area contributed by atoms with E-state index in [2.05, 4.69) is 0 Å². The summed E-state index contributed by atoms with van der Waals surface area (Å²) < 4.78 is 0. The van der Waals surface area contributed by atoms with E-state index >= 15 is 0 Å². The average molecular weight is 490 g/mol. The van der Waals surface area contributed by atoms with Crippen molar-refractivity contribution in [2.75, 3.05) is 0 Å². The minimum atomic E-state index is 0. The summed E-state index contributed by atoms with van der Waals surface area (Å²) in [6.07, 6.45) is 0. The first-order chi connectivity index (χ1) is 12.4. The summed E-state index contributed by atoms with van der Waals surface area (Å²) in [5.74, 6) is 0.170. The van der Waals surface area contributed by atoms with Gasteiger partial charge in [0.15, 0.2) is 0 Å². The molecule has 143 valence electrons. The van der Waals surface area contributed by atoms with Crippen molar-refractivity contribution in [2.45, 2.75) is 0 Å². The van der Waals surface area contributed by atoms with Crippen LogP contribution in [0, 0.1) is 0 Å². The first kappa shape index (κ1) is 22.0. The van der Waals surface area contributed by atoms with E-state index < -0.39 is 0 Å². The Morgan fingerprint density at radius 3 is 1.11 bits per heavy atom. The fourth-order valence-corrected chi connectivity index (χ4v) is 3.65. The quantitative estimate of drug-likeness (QED) is 0.248. The number of aromatic hydroxyl groups is 2. The summed E-state index contributed by atoms with van der Waals surface area (Å²) >= 11 is 23.4. The summed E-state index contributed by atoms with van der Waals surface area (Å²) in [6.45, 7) is 0. The van der Waals surface area contributed by atoms with Gasteiger partial charge >= 0.3 is 0 Å². The van der Waals surface area contributed by atoms with E-state index in [1.165, 1.54) is 0 Å². The molecule has 1 radical (unpaired) electrons. The van der Waals surface area contributed by atoms with E-state index in [-0.39, 0.29) is 38.6 Å². The van der Waals surface area contributed by atoms with E-state index in [4.69, 9.17) is 46.4 Å². The number of hydrogen-bond donors (Lipinski definition) is 2. The maximum Gasteiger partial charge on any atom is 0.142 e. The van der Waals surface area contributed by atoms with Crippen LogP contribution in [0.15, 0.2) is 60.7 Å². The molecule has 0 fully saturated rings. The van der Waals surface area contributed by atoms with Crippen LogP contribution in [0.4, 0.5) is 0 Å². The average Bonchev–Trinajstić information content (AvgIpc) is 2.65. The molecule has 0 saturated carbocycles. The Labute approximate surface area is 186 Å². The Hall–Kier alpha value is -1.32. The first-order valence-electron chi connectivity index (χ1n) is 7.51. The van der Waals surface area contributed by atoms with Gasteiger partial charge in [-0.1, -0.05) is 94.9 Å². The van der Waals surface area contributed by atoms with E-state index in [9.17, 15) is 10.2 Å². The van der Waals surface area contributed by atoms with Gasteiger partial charge in [-0.25, -0.2) is 0 Å². The predicted molar refractivity (Wildman–Crippen MR) is 111 cm³/mol. The van der Waals surface area contributed by atoms with Crippen molar-refractivity contribution in [3.05, 3.63) is 80.8 Å². The van der Waals surface area contributed by atoms with Crippen LogP contribution < -0.4 is 0 Å². The predicted octanol–water partition coefficient (Wildman–Crippen LogP) is 7.70. The summed E-state index contributed by atoms with van der Waals surface area (Å²) in [7, 11) is 0. The zero-order chi connectivity index (χ0) is 18.8. The van der Waals surface area contributed by atoms with Crippen LogP contribution in [0.1, 0.15) is 0 Å². The number of benzene rings is 4. The largest absolute Gasteiger partial charge is 0.506 e. The van der Waals surface area contributed by atoms with Gasteiger partial charge in [0, 0.05) is 38.6 Å². The molecule has 7 heteroatoms. The van der Waals surface area contributed by atoms with Gasteiger partial charge in [-0.2, -0.15) is 0 Å². The van der Waals surface area contributed by atoms with Crippen LogP contribution in [0.2, 0.25) is 20.1 Å². The standard InChI is InChI=1S/2C10H6Cl2O.Cu/c2*11-8-5-9(12)10(13)7-4-2-1-3-6(7)8;/h2*1-5,13H;. The minimum absolute atomic E-state index is 0. The molecule has 0 heterocycles. The fraction of sp³-hybridized carbons (Fsp3) is 0.